The summed E-state index contributed by atoms with van der Waals surface area (Å²) in [6.45, 7) is 2.70. The van der Waals surface area contributed by atoms with Crippen molar-refractivity contribution in [3.63, 3.8) is 0 Å². The fourth-order valence-electron chi connectivity index (χ4n) is 2.35. The summed E-state index contributed by atoms with van der Waals surface area (Å²) in [6, 6.07) is 13.3. The molecule has 0 spiro atoms. The summed E-state index contributed by atoms with van der Waals surface area (Å²) < 4.78 is 26.8. The molecule has 1 N–H and O–H groups in total. The van der Waals surface area contributed by atoms with E-state index in [0.717, 1.165) is 17.7 Å². The highest BCUT2D eigenvalue weighted by molar-refractivity contribution is 7.98. The predicted octanol–water partition coefficient (Wildman–Crippen LogP) is 3.76. The highest BCUT2D eigenvalue weighted by Crippen LogP contribution is 2.24. The van der Waals surface area contributed by atoms with Crippen LogP contribution in [0.15, 0.2) is 58.3 Å². The Bertz CT molecular complexity index is 832. The van der Waals surface area contributed by atoms with Gasteiger partial charge in [0.15, 0.2) is 0 Å². The van der Waals surface area contributed by atoms with Gasteiger partial charge in [-0.1, -0.05) is 13.3 Å². The van der Waals surface area contributed by atoms with Crippen LogP contribution in [0.25, 0.3) is 0 Å². The van der Waals surface area contributed by atoms with Crippen molar-refractivity contribution in [2.45, 2.75) is 29.6 Å². The van der Waals surface area contributed by atoms with E-state index in [0.29, 0.717) is 17.8 Å². The quantitative estimate of drug-likeness (QED) is 0.549. The van der Waals surface area contributed by atoms with Gasteiger partial charge in [0.05, 0.1) is 10.6 Å². The number of sulfonamides is 1. The molecule has 0 fully saturated rings. The van der Waals surface area contributed by atoms with Crippen LogP contribution < -0.4 is 9.62 Å². The third-order valence-corrected chi connectivity index (χ3v) is 6.57. The van der Waals surface area contributed by atoms with Gasteiger partial charge in [-0.15, -0.1) is 11.8 Å². The zero-order chi connectivity index (χ0) is 19.2. The summed E-state index contributed by atoms with van der Waals surface area (Å²) in [6.07, 6.45) is 3.88. The van der Waals surface area contributed by atoms with Crippen molar-refractivity contribution >= 4 is 33.4 Å². The molecule has 140 valence electrons. The van der Waals surface area contributed by atoms with Crippen molar-refractivity contribution < 1.29 is 13.2 Å². The second-order valence-electron chi connectivity index (χ2n) is 5.80. The third-order valence-electron chi connectivity index (χ3n) is 4.03. The molecule has 7 heteroatoms. The maximum atomic E-state index is 12.8. The summed E-state index contributed by atoms with van der Waals surface area (Å²) in [5.41, 5.74) is 1.02. The van der Waals surface area contributed by atoms with E-state index in [9.17, 15) is 13.2 Å². The fraction of sp³-hybridized carbons (Fsp3) is 0.316. The van der Waals surface area contributed by atoms with Crippen LogP contribution in [-0.2, 0) is 10.0 Å². The minimum atomic E-state index is -3.64. The maximum absolute atomic E-state index is 12.8. The van der Waals surface area contributed by atoms with Crippen LogP contribution in [-0.4, -0.2) is 34.2 Å². The second kappa shape index (κ2) is 9.09. The molecule has 5 nitrogen and oxygen atoms in total. The zero-order valence-corrected chi connectivity index (χ0v) is 16.9. The van der Waals surface area contributed by atoms with Crippen molar-refractivity contribution in [2.24, 2.45) is 0 Å². The zero-order valence-electron chi connectivity index (χ0n) is 15.2. The summed E-state index contributed by atoms with van der Waals surface area (Å²) in [4.78, 5) is 13.3. The highest BCUT2D eigenvalue weighted by Gasteiger charge is 2.21. The first-order chi connectivity index (χ1) is 12.4. The number of nitrogens with zero attached hydrogens (tertiary/aromatic N) is 1. The smallest absolute Gasteiger partial charge is 0.264 e. The number of carbonyl (C=O) groups is 1. The van der Waals surface area contributed by atoms with Gasteiger partial charge in [0.25, 0.3) is 15.9 Å². The van der Waals surface area contributed by atoms with E-state index in [-0.39, 0.29) is 10.8 Å². The molecule has 2 aromatic rings. The van der Waals surface area contributed by atoms with E-state index in [1.54, 1.807) is 60.3 Å². The van der Waals surface area contributed by atoms with Crippen molar-refractivity contribution in [2.75, 3.05) is 24.2 Å². The Morgan fingerprint density at radius 3 is 2.23 bits per heavy atom. The fourth-order valence-corrected chi connectivity index (χ4v) is 3.95. The first-order valence-electron chi connectivity index (χ1n) is 8.41. The summed E-state index contributed by atoms with van der Waals surface area (Å²) in [5.74, 6) is -0.150. The molecular formula is C19H24N2O3S2. The predicted molar refractivity (Wildman–Crippen MR) is 107 cm³/mol. The number of benzene rings is 2. The van der Waals surface area contributed by atoms with Crippen LogP contribution in [0.3, 0.4) is 0 Å². The average molecular weight is 393 g/mol. The van der Waals surface area contributed by atoms with Gasteiger partial charge in [0.1, 0.15) is 0 Å². The van der Waals surface area contributed by atoms with E-state index in [4.69, 9.17) is 0 Å². The Labute approximate surface area is 159 Å². The number of nitrogens with one attached hydrogen (secondary N) is 1. The van der Waals surface area contributed by atoms with Gasteiger partial charge in [0.2, 0.25) is 0 Å². The van der Waals surface area contributed by atoms with E-state index in [2.05, 4.69) is 12.2 Å². The molecule has 0 atom stereocenters. The van der Waals surface area contributed by atoms with E-state index < -0.39 is 10.0 Å². The van der Waals surface area contributed by atoms with E-state index in [1.165, 1.54) is 11.4 Å². The van der Waals surface area contributed by atoms with E-state index in [1.807, 2.05) is 6.26 Å². The number of anilines is 1. The minimum absolute atomic E-state index is 0.150. The lowest BCUT2D eigenvalue weighted by Crippen LogP contribution is -2.27. The summed E-state index contributed by atoms with van der Waals surface area (Å²) in [5, 5.41) is 2.84. The van der Waals surface area contributed by atoms with Crippen LogP contribution in [0, 0.1) is 0 Å². The summed E-state index contributed by atoms with van der Waals surface area (Å²) in [7, 11) is -2.14. The molecule has 0 aliphatic rings. The molecule has 26 heavy (non-hydrogen) atoms. The molecule has 2 rings (SSSR count). The molecule has 0 aliphatic carbocycles. The normalized spacial score (nSPS) is 11.2. The minimum Gasteiger partial charge on any atom is -0.352 e. The van der Waals surface area contributed by atoms with Gasteiger partial charge in [-0.3, -0.25) is 9.10 Å². The Hall–Kier alpha value is -1.99. The molecule has 0 bridgehead atoms. The topological polar surface area (TPSA) is 66.5 Å². The lowest BCUT2D eigenvalue weighted by atomic mass is 10.2. The molecule has 0 saturated heterocycles. The van der Waals surface area contributed by atoms with E-state index >= 15 is 0 Å². The average Bonchev–Trinajstić information content (AvgIpc) is 2.67. The van der Waals surface area contributed by atoms with Crippen LogP contribution in [0.1, 0.15) is 30.1 Å². The molecule has 1 amide bonds. The molecular weight excluding hydrogens is 368 g/mol. The molecule has 0 heterocycles. The van der Waals surface area contributed by atoms with Crippen molar-refractivity contribution in [3.8, 4) is 0 Å². The molecule has 0 saturated carbocycles. The number of carbonyl (C=O) groups excluding carboxylic acids is 1. The standard InChI is InChI=1S/C19H24N2O3S2/c1-4-5-14-20-19(22)15-6-8-16(9-7-15)21(2)26(23,24)18-12-10-17(25-3)11-13-18/h6-13H,4-5,14H2,1-3H3,(H,20,22). The molecule has 0 radical (unpaired) electrons. The van der Waals surface area contributed by atoms with Crippen LogP contribution in [0.5, 0.6) is 0 Å². The van der Waals surface area contributed by atoms with Gasteiger partial charge in [0, 0.05) is 24.1 Å². The van der Waals surface area contributed by atoms with Gasteiger partial charge < -0.3 is 5.32 Å². The van der Waals surface area contributed by atoms with Crippen LogP contribution in [0.4, 0.5) is 5.69 Å². The van der Waals surface area contributed by atoms with Gasteiger partial charge in [-0.25, -0.2) is 8.42 Å². The first-order valence-corrected chi connectivity index (χ1v) is 11.1. The Morgan fingerprint density at radius 1 is 1.08 bits per heavy atom. The lowest BCUT2D eigenvalue weighted by Gasteiger charge is -2.20. The van der Waals surface area contributed by atoms with Gasteiger partial charge in [-0.05, 0) is 61.2 Å². The Morgan fingerprint density at radius 2 is 1.69 bits per heavy atom. The second-order valence-corrected chi connectivity index (χ2v) is 8.65. The Balaban J connectivity index is 2.15. The third kappa shape index (κ3) is 4.80. The Kier molecular flexibility index (Phi) is 7.11. The largest absolute Gasteiger partial charge is 0.352 e. The number of hydrogen-bond acceptors (Lipinski definition) is 4. The number of hydrogen-bond donors (Lipinski definition) is 1. The number of amides is 1. The van der Waals surface area contributed by atoms with Crippen molar-refractivity contribution in [1.29, 1.82) is 0 Å². The number of thioether (sulfide) groups is 1. The molecule has 0 aliphatic heterocycles. The highest BCUT2D eigenvalue weighted by atomic mass is 32.2. The summed E-state index contributed by atoms with van der Waals surface area (Å²) >= 11 is 1.56. The van der Waals surface area contributed by atoms with Crippen molar-refractivity contribution in [1.82, 2.24) is 5.32 Å². The number of rotatable bonds is 8. The van der Waals surface area contributed by atoms with Crippen LogP contribution in [0.2, 0.25) is 0 Å². The van der Waals surface area contributed by atoms with Gasteiger partial charge in [-0.2, -0.15) is 0 Å². The van der Waals surface area contributed by atoms with Crippen molar-refractivity contribution in [3.05, 3.63) is 54.1 Å². The number of unbranched alkanes of at least 4 members (excludes halogenated alkanes) is 1. The lowest BCUT2D eigenvalue weighted by molar-refractivity contribution is 0.0953. The SMILES string of the molecule is CCCCNC(=O)c1ccc(N(C)S(=O)(=O)c2ccc(SC)cc2)cc1. The monoisotopic (exact) mass is 392 g/mol. The maximum Gasteiger partial charge on any atom is 0.264 e. The first kappa shape index (κ1) is 20.3. The van der Waals surface area contributed by atoms with Crippen LogP contribution >= 0.6 is 11.8 Å². The molecule has 0 aromatic heterocycles. The molecule has 2 aromatic carbocycles. The molecule has 0 unspecified atom stereocenters. The van der Waals surface area contributed by atoms with Gasteiger partial charge >= 0.3 is 0 Å².